The van der Waals surface area contributed by atoms with Crippen molar-refractivity contribution >= 4 is 17.5 Å². The number of primary amides is 1. The van der Waals surface area contributed by atoms with Gasteiger partial charge in [0, 0.05) is 6.07 Å². The fraction of sp³-hybridized carbons (Fsp3) is 0.500. The number of hydrogen-bond donors (Lipinski definition) is 4. The number of nitrogen functional groups attached to an aromatic ring is 1. The van der Waals surface area contributed by atoms with E-state index in [9.17, 15) is 18.0 Å². The second-order valence-electron chi connectivity index (χ2n) is 4.37. The molecule has 20 heavy (non-hydrogen) atoms. The minimum Gasteiger partial charge on any atom is -0.368 e. The third-order valence-electron chi connectivity index (χ3n) is 2.40. The average molecular weight is 292 g/mol. The zero-order chi connectivity index (χ0) is 15.5. The largest absolute Gasteiger partial charge is 0.451 e. The second kappa shape index (κ2) is 5.90. The van der Waals surface area contributed by atoms with Crippen LogP contribution >= 0.6 is 0 Å². The first-order chi connectivity index (χ1) is 9.15. The minimum absolute atomic E-state index is 0.197. The summed E-state index contributed by atoms with van der Waals surface area (Å²) < 4.78 is 37.9. The number of nitrogens with one attached hydrogen (secondary N) is 2. The number of hydrogen-bond acceptors (Lipinski definition) is 6. The van der Waals surface area contributed by atoms with Crippen LogP contribution in [0.25, 0.3) is 0 Å². The lowest BCUT2D eigenvalue weighted by Gasteiger charge is -2.20. The highest BCUT2D eigenvalue weighted by Gasteiger charge is 2.35. The summed E-state index contributed by atoms with van der Waals surface area (Å²) in [6.07, 6.45) is -4.73. The van der Waals surface area contributed by atoms with Crippen LogP contribution in [-0.2, 0) is 11.0 Å². The van der Waals surface area contributed by atoms with E-state index < -0.39 is 23.9 Å². The van der Waals surface area contributed by atoms with Gasteiger partial charge in [-0.2, -0.15) is 13.2 Å². The summed E-state index contributed by atoms with van der Waals surface area (Å²) in [5.41, 5.74) is 7.18. The summed E-state index contributed by atoms with van der Waals surface area (Å²) in [4.78, 5) is 17.7. The van der Waals surface area contributed by atoms with Crippen LogP contribution < -0.4 is 22.3 Å². The molecule has 10 heteroatoms. The Bertz CT molecular complexity index is 490. The molecular formula is C10H15F3N6O. The van der Waals surface area contributed by atoms with Gasteiger partial charge in [0.15, 0.2) is 0 Å². The Morgan fingerprint density at radius 2 is 1.85 bits per heavy atom. The monoisotopic (exact) mass is 292 g/mol. The Morgan fingerprint density at radius 1 is 1.30 bits per heavy atom. The van der Waals surface area contributed by atoms with Gasteiger partial charge < -0.3 is 16.5 Å². The molecule has 1 atom stereocenters. The van der Waals surface area contributed by atoms with E-state index in [-0.39, 0.29) is 17.6 Å². The number of anilines is 2. The van der Waals surface area contributed by atoms with Gasteiger partial charge in [-0.1, -0.05) is 13.8 Å². The first-order valence-electron chi connectivity index (χ1n) is 5.64. The Kier molecular flexibility index (Phi) is 4.71. The van der Waals surface area contributed by atoms with E-state index in [0.29, 0.717) is 0 Å². The van der Waals surface area contributed by atoms with Crippen molar-refractivity contribution in [3.05, 3.63) is 11.9 Å². The molecule has 0 bridgehead atoms. The van der Waals surface area contributed by atoms with Crippen molar-refractivity contribution in [2.24, 2.45) is 17.5 Å². The number of nitrogens with zero attached hydrogens (tertiary/aromatic N) is 2. The smallest absolute Gasteiger partial charge is 0.368 e. The number of hydrazine groups is 1. The highest BCUT2D eigenvalue weighted by atomic mass is 19.4. The SMILES string of the molecule is CC(C)C(Nc1cc(NN)nc(C(F)(F)F)n1)C(N)=O. The van der Waals surface area contributed by atoms with Gasteiger partial charge in [-0.3, -0.25) is 4.79 Å². The number of amides is 1. The maximum Gasteiger partial charge on any atom is 0.451 e. The fourth-order valence-electron chi connectivity index (χ4n) is 1.45. The average Bonchev–Trinajstić information content (AvgIpc) is 2.33. The van der Waals surface area contributed by atoms with Crippen molar-refractivity contribution in [2.75, 3.05) is 10.7 Å². The molecule has 112 valence electrons. The van der Waals surface area contributed by atoms with Crippen LogP contribution in [0.5, 0.6) is 0 Å². The first kappa shape index (κ1) is 16.0. The molecule has 0 saturated carbocycles. The second-order valence-corrected chi connectivity index (χ2v) is 4.37. The number of halogens is 3. The van der Waals surface area contributed by atoms with Gasteiger partial charge >= 0.3 is 6.18 Å². The van der Waals surface area contributed by atoms with Gasteiger partial charge in [0.2, 0.25) is 11.7 Å². The van der Waals surface area contributed by atoms with Gasteiger partial charge in [0.1, 0.15) is 17.7 Å². The maximum atomic E-state index is 12.6. The van der Waals surface area contributed by atoms with E-state index in [4.69, 9.17) is 11.6 Å². The van der Waals surface area contributed by atoms with E-state index in [0.717, 1.165) is 6.07 Å². The van der Waals surface area contributed by atoms with Crippen LogP contribution in [0.1, 0.15) is 19.7 Å². The molecular weight excluding hydrogens is 277 g/mol. The molecule has 0 saturated heterocycles. The number of nitrogens with two attached hydrogens (primary N) is 2. The molecule has 1 amide bonds. The third-order valence-corrected chi connectivity index (χ3v) is 2.40. The molecule has 7 nitrogen and oxygen atoms in total. The highest BCUT2D eigenvalue weighted by molar-refractivity contribution is 5.83. The molecule has 1 aromatic heterocycles. The fourth-order valence-corrected chi connectivity index (χ4v) is 1.45. The van der Waals surface area contributed by atoms with Crippen LogP contribution in [0, 0.1) is 5.92 Å². The quantitative estimate of drug-likeness (QED) is 0.468. The maximum absolute atomic E-state index is 12.6. The van der Waals surface area contributed by atoms with Crippen LogP contribution in [0.15, 0.2) is 6.07 Å². The molecule has 1 rings (SSSR count). The zero-order valence-electron chi connectivity index (χ0n) is 10.8. The lowest BCUT2D eigenvalue weighted by molar-refractivity contribution is -0.144. The summed E-state index contributed by atoms with van der Waals surface area (Å²) in [6, 6.07) is 0.282. The van der Waals surface area contributed by atoms with Crippen molar-refractivity contribution in [1.82, 2.24) is 9.97 Å². The molecule has 6 N–H and O–H groups in total. The highest BCUT2D eigenvalue weighted by Crippen LogP contribution is 2.28. The Hall–Kier alpha value is -2.10. The molecule has 0 aliphatic heterocycles. The molecule has 1 unspecified atom stereocenters. The normalized spacial score (nSPS) is 13.2. The van der Waals surface area contributed by atoms with E-state index in [1.54, 1.807) is 13.8 Å². The molecule has 0 aliphatic carbocycles. The topological polar surface area (TPSA) is 119 Å². The van der Waals surface area contributed by atoms with Gasteiger partial charge in [-0.05, 0) is 5.92 Å². The van der Waals surface area contributed by atoms with Gasteiger partial charge in [0.25, 0.3) is 0 Å². The number of aromatic nitrogens is 2. The Balaban J connectivity index is 3.14. The van der Waals surface area contributed by atoms with Crippen molar-refractivity contribution < 1.29 is 18.0 Å². The molecule has 1 aromatic rings. The number of alkyl halides is 3. The molecule has 0 radical (unpaired) electrons. The molecule has 1 heterocycles. The van der Waals surface area contributed by atoms with E-state index in [1.807, 2.05) is 5.43 Å². The number of rotatable bonds is 5. The molecule has 0 aliphatic rings. The standard InChI is InChI=1S/C10H15F3N6O/c1-4(2)7(8(14)20)16-5-3-6(19-15)18-9(17-5)10(11,12)13/h3-4,7H,15H2,1-2H3,(H2,14,20)(H2,16,17,18,19). The van der Waals surface area contributed by atoms with Crippen molar-refractivity contribution in [3.63, 3.8) is 0 Å². The summed E-state index contributed by atoms with van der Waals surface area (Å²) >= 11 is 0. The lowest BCUT2D eigenvalue weighted by atomic mass is 10.0. The van der Waals surface area contributed by atoms with Crippen LogP contribution in [0.2, 0.25) is 0 Å². The number of carbonyl (C=O) groups is 1. The van der Waals surface area contributed by atoms with Crippen molar-refractivity contribution in [1.29, 1.82) is 0 Å². The minimum atomic E-state index is -4.73. The Labute approximate surface area is 112 Å². The van der Waals surface area contributed by atoms with Gasteiger partial charge in [0.05, 0.1) is 0 Å². The van der Waals surface area contributed by atoms with Crippen LogP contribution in [0.4, 0.5) is 24.8 Å². The van der Waals surface area contributed by atoms with E-state index in [2.05, 4.69) is 15.3 Å². The molecule has 0 fully saturated rings. The first-order valence-corrected chi connectivity index (χ1v) is 5.64. The van der Waals surface area contributed by atoms with E-state index in [1.165, 1.54) is 0 Å². The predicted octanol–water partition coefficient (Wildman–Crippen LogP) is 0.703. The van der Waals surface area contributed by atoms with E-state index >= 15 is 0 Å². The molecule has 0 aromatic carbocycles. The van der Waals surface area contributed by atoms with Crippen LogP contribution in [-0.4, -0.2) is 21.9 Å². The summed E-state index contributed by atoms with van der Waals surface area (Å²) in [6.45, 7) is 3.38. The van der Waals surface area contributed by atoms with Crippen molar-refractivity contribution in [3.8, 4) is 0 Å². The number of carbonyl (C=O) groups excluding carboxylic acids is 1. The van der Waals surface area contributed by atoms with Crippen molar-refractivity contribution in [2.45, 2.75) is 26.1 Å². The predicted molar refractivity (Wildman–Crippen MR) is 66.3 cm³/mol. The van der Waals surface area contributed by atoms with Crippen LogP contribution in [0.3, 0.4) is 0 Å². The summed E-state index contributed by atoms with van der Waals surface area (Å²) in [5, 5.41) is 2.54. The third kappa shape index (κ3) is 3.95. The summed E-state index contributed by atoms with van der Waals surface area (Å²) in [7, 11) is 0. The zero-order valence-corrected chi connectivity index (χ0v) is 10.8. The van der Waals surface area contributed by atoms with Gasteiger partial charge in [-0.15, -0.1) is 0 Å². The molecule has 0 spiro atoms. The van der Waals surface area contributed by atoms with Gasteiger partial charge in [-0.25, -0.2) is 15.8 Å². The lowest BCUT2D eigenvalue weighted by Crippen LogP contribution is -2.40. The Morgan fingerprint density at radius 3 is 2.25 bits per heavy atom. The summed E-state index contributed by atoms with van der Waals surface area (Å²) in [5.74, 6) is 2.32.